The van der Waals surface area contributed by atoms with Gasteiger partial charge in [-0.25, -0.2) is 13.4 Å². The van der Waals surface area contributed by atoms with E-state index < -0.39 is 15.6 Å². The molecule has 0 radical (unpaired) electrons. The molecule has 2 fully saturated rings. The summed E-state index contributed by atoms with van der Waals surface area (Å²) in [6.07, 6.45) is 6.54. The van der Waals surface area contributed by atoms with Crippen molar-refractivity contribution in [3.05, 3.63) is 53.3 Å². The molecule has 5 rings (SSSR count). The van der Waals surface area contributed by atoms with E-state index >= 15 is 0 Å². The summed E-state index contributed by atoms with van der Waals surface area (Å²) in [6.45, 7) is 0. The van der Waals surface area contributed by atoms with Gasteiger partial charge in [0.2, 0.25) is 10.0 Å². The van der Waals surface area contributed by atoms with Gasteiger partial charge in [-0.15, -0.1) is 11.3 Å². The molecule has 2 saturated carbocycles. The first-order valence-electron chi connectivity index (χ1n) is 10.1. The number of rotatable bonds is 6. The Morgan fingerprint density at radius 3 is 2.60 bits per heavy atom. The number of fused-ring (bicyclic) bond motifs is 1. The number of hydrogen-bond acceptors (Lipinski definition) is 6. The Hall–Kier alpha value is -2.52. The van der Waals surface area contributed by atoms with E-state index in [0.717, 1.165) is 36.5 Å². The fraction of sp³-hybridized carbons (Fsp3) is 0.381. The van der Waals surface area contributed by atoms with Crippen molar-refractivity contribution >= 4 is 43.2 Å². The highest BCUT2D eigenvalue weighted by Gasteiger charge is 2.48. The van der Waals surface area contributed by atoms with Crippen LogP contribution in [-0.4, -0.2) is 29.5 Å². The lowest BCUT2D eigenvalue weighted by Crippen LogP contribution is -2.35. The van der Waals surface area contributed by atoms with E-state index in [-0.39, 0.29) is 11.2 Å². The zero-order valence-electron chi connectivity index (χ0n) is 16.3. The molecule has 3 aromatic rings. The molecule has 0 bridgehead atoms. The van der Waals surface area contributed by atoms with Crippen molar-refractivity contribution in [1.29, 1.82) is 0 Å². The average molecular weight is 443 g/mol. The van der Waals surface area contributed by atoms with Crippen LogP contribution in [0.5, 0.6) is 0 Å². The van der Waals surface area contributed by atoms with E-state index in [1.54, 1.807) is 12.3 Å². The average Bonchev–Trinajstić information content (AvgIpc) is 3.12. The Balaban J connectivity index is 1.31. The van der Waals surface area contributed by atoms with Gasteiger partial charge in [0.25, 0.3) is 5.91 Å². The van der Waals surface area contributed by atoms with Gasteiger partial charge in [-0.1, -0.05) is 37.1 Å². The lowest BCUT2D eigenvalue weighted by molar-refractivity contribution is 0.0925. The molecule has 0 atom stereocenters. The van der Waals surface area contributed by atoms with Crippen LogP contribution >= 0.6 is 11.3 Å². The molecule has 7 nitrogen and oxygen atoms in total. The molecule has 0 spiro atoms. The summed E-state index contributed by atoms with van der Waals surface area (Å²) in [4.78, 5) is 21.6. The molecular formula is C21H22N4O3S2. The van der Waals surface area contributed by atoms with Crippen LogP contribution in [0.4, 0.5) is 5.13 Å². The maximum atomic E-state index is 12.8. The van der Waals surface area contributed by atoms with E-state index in [1.165, 1.54) is 11.3 Å². The second-order valence-electron chi connectivity index (χ2n) is 8.04. The summed E-state index contributed by atoms with van der Waals surface area (Å²) in [6, 6.07) is 9.54. The first-order chi connectivity index (χ1) is 14.5. The third kappa shape index (κ3) is 3.67. The molecule has 9 heteroatoms. The number of nitrogens with one attached hydrogen (secondary N) is 2. The third-order valence-corrected chi connectivity index (χ3v) is 8.65. The van der Waals surface area contributed by atoms with Crippen LogP contribution in [0, 0.1) is 0 Å². The van der Waals surface area contributed by atoms with Gasteiger partial charge >= 0.3 is 0 Å². The van der Waals surface area contributed by atoms with Gasteiger partial charge in [0.05, 0.1) is 16.5 Å². The predicted molar refractivity (Wildman–Crippen MR) is 117 cm³/mol. The number of anilines is 1. The van der Waals surface area contributed by atoms with Gasteiger partial charge in [0.1, 0.15) is 5.69 Å². The number of aromatic nitrogens is 2. The van der Waals surface area contributed by atoms with Crippen molar-refractivity contribution in [3.63, 3.8) is 0 Å². The van der Waals surface area contributed by atoms with Crippen molar-refractivity contribution in [3.8, 4) is 0 Å². The van der Waals surface area contributed by atoms with Crippen LogP contribution in [0.3, 0.4) is 0 Å². The molecule has 2 N–H and O–H groups in total. The summed E-state index contributed by atoms with van der Waals surface area (Å²) in [7, 11) is -3.41. The van der Waals surface area contributed by atoms with E-state index in [2.05, 4.69) is 20.0 Å². The Morgan fingerprint density at radius 1 is 1.13 bits per heavy atom. The molecule has 156 valence electrons. The molecule has 0 unspecified atom stereocenters. The quantitative estimate of drug-likeness (QED) is 0.605. The van der Waals surface area contributed by atoms with Crippen LogP contribution in [0.15, 0.2) is 41.9 Å². The number of hydrogen-bond donors (Lipinski definition) is 2. The van der Waals surface area contributed by atoms with Gasteiger partial charge < -0.3 is 5.32 Å². The second kappa shape index (κ2) is 7.31. The summed E-state index contributed by atoms with van der Waals surface area (Å²) >= 11 is 1.26. The zero-order valence-corrected chi connectivity index (χ0v) is 17.9. The minimum Gasteiger partial charge on any atom is -0.340 e. The van der Waals surface area contributed by atoms with Crippen molar-refractivity contribution in [2.45, 2.75) is 49.3 Å². The number of thiazole rings is 1. The molecule has 2 aliphatic carbocycles. The molecule has 0 saturated heterocycles. The molecule has 1 aromatic carbocycles. The Labute approximate surface area is 179 Å². The highest BCUT2D eigenvalue weighted by molar-refractivity contribution is 7.93. The first-order valence-corrected chi connectivity index (χ1v) is 12.5. The van der Waals surface area contributed by atoms with Crippen molar-refractivity contribution in [1.82, 2.24) is 15.3 Å². The number of sulfonamides is 1. The monoisotopic (exact) mass is 442 g/mol. The van der Waals surface area contributed by atoms with E-state index in [1.807, 2.05) is 29.6 Å². The number of carbonyl (C=O) groups excluding carboxylic acids is 1. The normalized spacial score (nSPS) is 18.4. The SMILES string of the molecule is O=C(NC1(c2csc(NS(=O)(=O)C3CCCC3)n2)CC1)c1cc2ccccc2cn1. The molecule has 0 aliphatic heterocycles. The predicted octanol–water partition coefficient (Wildman–Crippen LogP) is 3.79. The second-order valence-corrected chi connectivity index (χ2v) is 10.9. The largest absolute Gasteiger partial charge is 0.340 e. The van der Waals surface area contributed by atoms with Gasteiger partial charge in [-0.3, -0.25) is 14.5 Å². The Morgan fingerprint density at radius 2 is 1.87 bits per heavy atom. The van der Waals surface area contributed by atoms with Crippen molar-refractivity contribution < 1.29 is 13.2 Å². The first kappa shape index (κ1) is 19.4. The molecule has 2 aliphatic rings. The Bertz CT molecular complexity index is 1210. The van der Waals surface area contributed by atoms with Crippen molar-refractivity contribution in [2.24, 2.45) is 0 Å². The molecule has 1 amide bonds. The van der Waals surface area contributed by atoms with Gasteiger partial charge in [-0.05, 0) is 37.1 Å². The van der Waals surface area contributed by atoms with Crippen molar-refractivity contribution in [2.75, 3.05) is 4.72 Å². The number of pyridine rings is 1. The van der Waals surface area contributed by atoms with Crippen LogP contribution < -0.4 is 10.0 Å². The van der Waals surface area contributed by atoms with E-state index in [0.29, 0.717) is 29.4 Å². The van der Waals surface area contributed by atoms with Crippen LogP contribution in [0.1, 0.15) is 54.7 Å². The smallest absolute Gasteiger partial charge is 0.270 e. The summed E-state index contributed by atoms with van der Waals surface area (Å²) in [5, 5.41) is 6.85. The highest BCUT2D eigenvalue weighted by atomic mass is 32.2. The molecule has 30 heavy (non-hydrogen) atoms. The molecule has 2 aromatic heterocycles. The summed E-state index contributed by atoms with van der Waals surface area (Å²) < 4.78 is 27.7. The minimum atomic E-state index is -3.41. The lowest BCUT2D eigenvalue weighted by Gasteiger charge is -2.15. The lowest BCUT2D eigenvalue weighted by atomic mass is 10.1. The summed E-state index contributed by atoms with van der Waals surface area (Å²) in [5.41, 5.74) is 0.515. The molecular weight excluding hydrogens is 420 g/mol. The number of benzene rings is 1. The van der Waals surface area contributed by atoms with Crippen LogP contribution in [-0.2, 0) is 15.6 Å². The zero-order chi connectivity index (χ0) is 20.8. The fourth-order valence-corrected chi connectivity index (χ4v) is 6.61. The Kier molecular flexibility index (Phi) is 4.74. The third-order valence-electron chi connectivity index (χ3n) is 5.93. The highest BCUT2D eigenvalue weighted by Crippen LogP contribution is 2.46. The fourth-order valence-electron chi connectivity index (χ4n) is 4.00. The standard InChI is InChI=1S/C21H22N4O3S2/c26-19(17-11-14-5-1-2-6-15(14)12-22-17)24-21(9-10-21)18-13-29-20(23-18)25-30(27,28)16-7-3-4-8-16/h1-2,5-6,11-13,16H,3-4,7-10H2,(H,23,25)(H,24,26). The molecule has 2 heterocycles. The number of amides is 1. The summed E-state index contributed by atoms with van der Waals surface area (Å²) in [5.74, 6) is -0.251. The topological polar surface area (TPSA) is 101 Å². The maximum absolute atomic E-state index is 12.8. The van der Waals surface area contributed by atoms with Crippen LogP contribution in [0.25, 0.3) is 10.8 Å². The minimum absolute atomic E-state index is 0.251. The van der Waals surface area contributed by atoms with Crippen LogP contribution in [0.2, 0.25) is 0 Å². The van der Waals surface area contributed by atoms with Gasteiger partial charge in [0.15, 0.2) is 5.13 Å². The van der Waals surface area contributed by atoms with Gasteiger partial charge in [0, 0.05) is 17.0 Å². The van der Waals surface area contributed by atoms with E-state index in [4.69, 9.17) is 0 Å². The van der Waals surface area contributed by atoms with E-state index in [9.17, 15) is 13.2 Å². The number of carbonyl (C=O) groups is 1. The maximum Gasteiger partial charge on any atom is 0.270 e. The van der Waals surface area contributed by atoms with Gasteiger partial charge in [-0.2, -0.15) is 0 Å². The number of nitrogens with zero attached hydrogens (tertiary/aromatic N) is 2.